The molecule has 8 heteroatoms. The highest BCUT2D eigenvalue weighted by atomic mass is 79.9. The van der Waals surface area contributed by atoms with E-state index in [2.05, 4.69) is 31.9 Å². The number of ether oxygens (including phenoxy) is 1. The maximum Gasteiger partial charge on any atom is 0.257 e. The number of para-hydroxylation sites is 1. The Bertz CT molecular complexity index is 1150. The molecule has 31 heavy (non-hydrogen) atoms. The number of nitrogens with one attached hydrogen (secondary N) is 3. The second-order valence-electron chi connectivity index (χ2n) is 6.53. The van der Waals surface area contributed by atoms with Crippen LogP contribution < -0.4 is 20.7 Å². The standard InChI is InChI=1S/C23H20BrN3O4/c1-14(28)25-20-12-11-15(13-21(20)31-2)26-23(30)17-8-4-6-10-19(17)27-22(29)16-7-3-5-9-18(16)24/h3-13H,1-2H3,(H,25,28)(H,26,30)(H,27,29). The fourth-order valence-electron chi connectivity index (χ4n) is 2.89. The number of anilines is 3. The number of rotatable bonds is 6. The zero-order valence-electron chi connectivity index (χ0n) is 16.9. The van der Waals surface area contributed by atoms with Crippen LogP contribution in [0.5, 0.6) is 5.75 Å². The molecular weight excluding hydrogens is 462 g/mol. The number of amides is 3. The largest absolute Gasteiger partial charge is 0.494 e. The number of halogens is 1. The lowest BCUT2D eigenvalue weighted by atomic mass is 10.1. The van der Waals surface area contributed by atoms with Crippen molar-refractivity contribution in [3.05, 3.63) is 82.3 Å². The predicted molar refractivity (Wildman–Crippen MR) is 124 cm³/mol. The topological polar surface area (TPSA) is 96.5 Å². The first kappa shape index (κ1) is 22.0. The lowest BCUT2D eigenvalue weighted by molar-refractivity contribution is -0.114. The van der Waals surface area contributed by atoms with Gasteiger partial charge in [-0.3, -0.25) is 14.4 Å². The molecule has 3 rings (SSSR count). The quantitative estimate of drug-likeness (QED) is 0.465. The molecule has 0 saturated carbocycles. The fourth-order valence-corrected chi connectivity index (χ4v) is 3.35. The molecule has 0 saturated heterocycles. The first-order valence-electron chi connectivity index (χ1n) is 9.31. The zero-order chi connectivity index (χ0) is 22.4. The van der Waals surface area contributed by atoms with Crippen LogP contribution in [-0.2, 0) is 4.79 Å². The SMILES string of the molecule is COc1cc(NC(=O)c2ccccc2NC(=O)c2ccccc2Br)ccc1NC(C)=O. The molecule has 0 unspecified atom stereocenters. The van der Waals surface area contributed by atoms with Gasteiger partial charge in [-0.05, 0) is 52.3 Å². The summed E-state index contributed by atoms with van der Waals surface area (Å²) in [5.41, 5.74) is 2.10. The minimum atomic E-state index is -0.405. The molecule has 3 aromatic carbocycles. The van der Waals surface area contributed by atoms with Crippen molar-refractivity contribution in [2.45, 2.75) is 6.92 Å². The van der Waals surface area contributed by atoms with Gasteiger partial charge in [0.05, 0.1) is 29.6 Å². The molecule has 0 radical (unpaired) electrons. The Labute approximate surface area is 187 Å². The van der Waals surface area contributed by atoms with Crippen molar-refractivity contribution in [3.8, 4) is 5.75 Å². The van der Waals surface area contributed by atoms with E-state index in [1.165, 1.54) is 14.0 Å². The highest BCUT2D eigenvalue weighted by molar-refractivity contribution is 9.10. The summed E-state index contributed by atoms with van der Waals surface area (Å²) in [5, 5.41) is 8.23. The molecule has 158 valence electrons. The number of benzene rings is 3. The van der Waals surface area contributed by atoms with Crippen molar-refractivity contribution < 1.29 is 19.1 Å². The molecule has 0 aliphatic rings. The summed E-state index contributed by atoms with van der Waals surface area (Å²) in [6.07, 6.45) is 0. The van der Waals surface area contributed by atoms with Gasteiger partial charge in [-0.25, -0.2) is 0 Å². The Hall–Kier alpha value is -3.65. The third kappa shape index (κ3) is 5.49. The lowest BCUT2D eigenvalue weighted by Gasteiger charge is -2.14. The van der Waals surface area contributed by atoms with E-state index in [-0.39, 0.29) is 11.8 Å². The molecule has 0 atom stereocenters. The minimum absolute atomic E-state index is 0.232. The molecule has 0 aromatic heterocycles. The van der Waals surface area contributed by atoms with Gasteiger partial charge in [-0.15, -0.1) is 0 Å². The Morgan fingerprint density at radius 3 is 2.10 bits per heavy atom. The minimum Gasteiger partial charge on any atom is -0.494 e. The summed E-state index contributed by atoms with van der Waals surface area (Å²) in [7, 11) is 1.47. The zero-order valence-corrected chi connectivity index (χ0v) is 18.4. The first-order valence-corrected chi connectivity index (χ1v) is 10.1. The highest BCUT2D eigenvalue weighted by Gasteiger charge is 2.16. The summed E-state index contributed by atoms with van der Waals surface area (Å²) in [6.45, 7) is 1.40. The van der Waals surface area contributed by atoms with Crippen LogP contribution in [0, 0.1) is 0 Å². The van der Waals surface area contributed by atoms with Gasteiger partial charge in [-0.2, -0.15) is 0 Å². The van der Waals surface area contributed by atoms with Crippen LogP contribution in [0.15, 0.2) is 71.2 Å². The molecule has 3 N–H and O–H groups in total. The van der Waals surface area contributed by atoms with E-state index >= 15 is 0 Å². The molecule has 0 heterocycles. The van der Waals surface area contributed by atoms with Crippen LogP contribution in [0.2, 0.25) is 0 Å². The summed E-state index contributed by atoms with van der Waals surface area (Å²) in [5.74, 6) is -0.570. The molecular formula is C23H20BrN3O4. The molecule has 3 amide bonds. The summed E-state index contributed by atoms with van der Waals surface area (Å²) >= 11 is 3.36. The van der Waals surface area contributed by atoms with E-state index in [1.807, 2.05) is 6.07 Å². The highest BCUT2D eigenvalue weighted by Crippen LogP contribution is 2.29. The number of hydrogen-bond donors (Lipinski definition) is 3. The van der Waals surface area contributed by atoms with Crippen molar-refractivity contribution in [2.75, 3.05) is 23.1 Å². The molecule has 3 aromatic rings. The second-order valence-corrected chi connectivity index (χ2v) is 7.38. The molecule has 0 aliphatic heterocycles. The monoisotopic (exact) mass is 481 g/mol. The normalized spacial score (nSPS) is 10.2. The van der Waals surface area contributed by atoms with E-state index in [0.717, 1.165) is 0 Å². The molecule has 0 bridgehead atoms. The second kappa shape index (κ2) is 9.90. The van der Waals surface area contributed by atoms with Crippen LogP contribution in [0.4, 0.5) is 17.1 Å². The van der Waals surface area contributed by atoms with Crippen molar-refractivity contribution in [3.63, 3.8) is 0 Å². The van der Waals surface area contributed by atoms with Crippen molar-refractivity contribution in [1.82, 2.24) is 0 Å². The Morgan fingerprint density at radius 2 is 1.42 bits per heavy atom. The van der Waals surface area contributed by atoms with Gasteiger partial charge in [-0.1, -0.05) is 24.3 Å². The number of hydrogen-bond acceptors (Lipinski definition) is 4. The number of carbonyl (C=O) groups excluding carboxylic acids is 3. The third-order valence-corrected chi connectivity index (χ3v) is 5.00. The van der Waals surface area contributed by atoms with E-state index in [4.69, 9.17) is 4.74 Å². The first-order chi connectivity index (χ1) is 14.9. The van der Waals surface area contributed by atoms with Gasteiger partial charge in [0.25, 0.3) is 11.8 Å². The van der Waals surface area contributed by atoms with Crippen LogP contribution in [0.25, 0.3) is 0 Å². The molecule has 7 nitrogen and oxygen atoms in total. The van der Waals surface area contributed by atoms with Crippen LogP contribution in [0.1, 0.15) is 27.6 Å². The van der Waals surface area contributed by atoms with Gasteiger partial charge in [0.2, 0.25) is 5.91 Å². The number of carbonyl (C=O) groups is 3. The van der Waals surface area contributed by atoms with E-state index in [1.54, 1.807) is 60.7 Å². The van der Waals surface area contributed by atoms with Gasteiger partial charge in [0, 0.05) is 23.2 Å². The Kier molecular flexibility index (Phi) is 7.04. The van der Waals surface area contributed by atoms with E-state index in [9.17, 15) is 14.4 Å². The average Bonchev–Trinajstić information content (AvgIpc) is 2.75. The third-order valence-electron chi connectivity index (χ3n) is 4.31. The summed E-state index contributed by atoms with van der Waals surface area (Å²) in [4.78, 5) is 36.9. The van der Waals surface area contributed by atoms with Gasteiger partial charge >= 0.3 is 0 Å². The van der Waals surface area contributed by atoms with Gasteiger partial charge < -0.3 is 20.7 Å². The fraction of sp³-hybridized carbons (Fsp3) is 0.0870. The van der Waals surface area contributed by atoms with Crippen molar-refractivity contribution in [1.29, 1.82) is 0 Å². The summed E-state index contributed by atoms with van der Waals surface area (Å²) < 4.78 is 5.94. The van der Waals surface area contributed by atoms with Crippen molar-refractivity contribution in [2.24, 2.45) is 0 Å². The van der Waals surface area contributed by atoms with E-state index < -0.39 is 5.91 Å². The molecule has 0 spiro atoms. The number of methoxy groups -OCH3 is 1. The van der Waals surface area contributed by atoms with Crippen LogP contribution >= 0.6 is 15.9 Å². The molecule has 0 aliphatic carbocycles. The van der Waals surface area contributed by atoms with Gasteiger partial charge in [0.15, 0.2) is 0 Å². The average molecular weight is 482 g/mol. The van der Waals surface area contributed by atoms with Gasteiger partial charge in [0.1, 0.15) is 5.75 Å². The van der Waals surface area contributed by atoms with E-state index in [0.29, 0.717) is 38.4 Å². The predicted octanol–water partition coefficient (Wildman–Crippen LogP) is 4.92. The Balaban J connectivity index is 1.81. The maximum atomic E-state index is 12.9. The maximum absolute atomic E-state index is 12.9. The Morgan fingerprint density at radius 1 is 0.774 bits per heavy atom. The van der Waals surface area contributed by atoms with Crippen LogP contribution in [0.3, 0.4) is 0 Å². The van der Waals surface area contributed by atoms with Crippen LogP contribution in [-0.4, -0.2) is 24.8 Å². The summed E-state index contributed by atoms with van der Waals surface area (Å²) in [6, 6.07) is 18.6. The smallest absolute Gasteiger partial charge is 0.257 e. The van der Waals surface area contributed by atoms with Crippen molar-refractivity contribution >= 4 is 50.7 Å². The lowest BCUT2D eigenvalue weighted by Crippen LogP contribution is -2.18. The molecule has 0 fully saturated rings.